The average Bonchev–Trinajstić information content (AvgIpc) is 3.08. The van der Waals surface area contributed by atoms with Crippen LogP contribution in [0.5, 0.6) is 0 Å². The molecular weight excluding hydrogens is 491 g/mol. The Labute approximate surface area is 223 Å². The number of likely N-dealkylation sites (tertiary alicyclic amines) is 1. The van der Waals surface area contributed by atoms with Crippen LogP contribution < -0.4 is 5.32 Å². The highest BCUT2D eigenvalue weighted by Gasteiger charge is 2.59. The molecule has 0 radical (unpaired) electrons. The summed E-state index contributed by atoms with van der Waals surface area (Å²) in [5.74, 6) is -2.00. The van der Waals surface area contributed by atoms with Crippen molar-refractivity contribution in [1.29, 1.82) is 0 Å². The highest BCUT2D eigenvalue weighted by molar-refractivity contribution is 6.07. The molecule has 2 saturated heterocycles. The van der Waals surface area contributed by atoms with Crippen LogP contribution in [0.4, 0.5) is 9.18 Å². The minimum atomic E-state index is -0.964. The molecule has 1 atom stereocenters. The average molecular weight is 531 g/mol. The fourth-order valence-electron chi connectivity index (χ4n) is 6.19. The molecule has 208 valence electrons. The van der Waals surface area contributed by atoms with Gasteiger partial charge in [0.1, 0.15) is 17.4 Å². The van der Waals surface area contributed by atoms with Gasteiger partial charge in [-0.05, 0) is 63.5 Å². The van der Waals surface area contributed by atoms with E-state index >= 15 is 0 Å². The Morgan fingerprint density at radius 1 is 1.11 bits per heavy atom. The number of nitrogens with one attached hydrogen (secondary N) is 1. The van der Waals surface area contributed by atoms with Crippen LogP contribution in [0.25, 0.3) is 0 Å². The van der Waals surface area contributed by atoms with Gasteiger partial charge in [0.25, 0.3) is 11.8 Å². The number of halogens is 1. The van der Waals surface area contributed by atoms with Crippen molar-refractivity contribution in [1.82, 2.24) is 20.0 Å². The number of aryl methyl sites for hydroxylation is 1. The third kappa shape index (κ3) is 5.02. The van der Waals surface area contributed by atoms with E-state index < -0.39 is 23.3 Å². The van der Waals surface area contributed by atoms with Crippen molar-refractivity contribution in [3.8, 4) is 0 Å². The number of ether oxygens (including phenoxy) is 1. The first-order valence-corrected chi connectivity index (χ1v) is 13.5. The predicted octanol–water partition coefficient (Wildman–Crippen LogP) is 3.10. The minimum absolute atomic E-state index is 0.0445. The number of carbonyl (C=O) groups is 4. The molecule has 38 heavy (non-hydrogen) atoms. The fraction of sp³-hybridized carbons (Fsp3) is 0.643. The molecule has 2 heterocycles. The molecular formula is C28H39FN4O5. The van der Waals surface area contributed by atoms with Crippen molar-refractivity contribution >= 4 is 23.8 Å². The van der Waals surface area contributed by atoms with E-state index in [9.17, 15) is 23.6 Å². The van der Waals surface area contributed by atoms with E-state index in [0.717, 1.165) is 31.2 Å². The first kappa shape index (κ1) is 28.0. The van der Waals surface area contributed by atoms with Crippen LogP contribution in [0.1, 0.15) is 68.3 Å². The summed E-state index contributed by atoms with van der Waals surface area (Å²) in [6.07, 6.45) is 4.05. The first-order chi connectivity index (χ1) is 18.0. The minimum Gasteiger partial charge on any atom is -0.381 e. The van der Waals surface area contributed by atoms with Gasteiger partial charge in [-0.3, -0.25) is 19.3 Å². The molecule has 5 amide bonds. The molecule has 9 nitrogen and oxygen atoms in total. The van der Waals surface area contributed by atoms with Crippen molar-refractivity contribution in [2.75, 3.05) is 27.2 Å². The second-order valence-corrected chi connectivity index (χ2v) is 11.2. The van der Waals surface area contributed by atoms with E-state index in [-0.39, 0.29) is 54.6 Å². The molecule has 1 N–H and O–H groups in total. The number of benzene rings is 1. The number of amides is 5. The van der Waals surface area contributed by atoms with Gasteiger partial charge in [-0.2, -0.15) is 0 Å². The molecule has 0 bridgehead atoms. The molecule has 10 heteroatoms. The molecule has 4 rings (SSSR count). The van der Waals surface area contributed by atoms with Gasteiger partial charge in [0.2, 0.25) is 5.91 Å². The van der Waals surface area contributed by atoms with Gasteiger partial charge in [0.15, 0.2) is 0 Å². The van der Waals surface area contributed by atoms with E-state index in [2.05, 4.69) is 5.32 Å². The Morgan fingerprint density at radius 2 is 1.74 bits per heavy atom. The second-order valence-electron chi connectivity index (χ2n) is 11.2. The Balaban J connectivity index is 1.48. The summed E-state index contributed by atoms with van der Waals surface area (Å²) in [5, 5.41) is 2.73. The van der Waals surface area contributed by atoms with Crippen molar-refractivity contribution in [2.45, 2.75) is 83.0 Å². The molecule has 0 unspecified atom stereocenters. The van der Waals surface area contributed by atoms with Gasteiger partial charge in [0, 0.05) is 33.3 Å². The maximum absolute atomic E-state index is 14.3. The zero-order valence-corrected chi connectivity index (χ0v) is 23.0. The summed E-state index contributed by atoms with van der Waals surface area (Å²) in [6.45, 7) is 5.99. The van der Waals surface area contributed by atoms with Gasteiger partial charge in [-0.25, -0.2) is 9.18 Å². The number of methoxy groups -OCH3 is 1. The predicted molar refractivity (Wildman–Crippen MR) is 139 cm³/mol. The molecule has 1 spiro atoms. The van der Waals surface area contributed by atoms with Crippen LogP contribution in [0.3, 0.4) is 0 Å². The van der Waals surface area contributed by atoms with E-state index in [1.165, 1.54) is 24.1 Å². The van der Waals surface area contributed by atoms with Crippen LogP contribution in [0, 0.1) is 18.7 Å². The van der Waals surface area contributed by atoms with Gasteiger partial charge in [-0.15, -0.1) is 0 Å². The number of rotatable bonds is 6. The largest absolute Gasteiger partial charge is 0.381 e. The lowest BCUT2D eigenvalue weighted by Crippen LogP contribution is -2.62. The van der Waals surface area contributed by atoms with E-state index in [4.69, 9.17) is 4.74 Å². The smallest absolute Gasteiger partial charge is 0.327 e. The summed E-state index contributed by atoms with van der Waals surface area (Å²) in [5.41, 5.74) is -0.321. The Bertz CT molecular complexity index is 1090. The van der Waals surface area contributed by atoms with E-state index in [1.807, 2.05) is 13.8 Å². The molecule has 1 saturated carbocycles. The van der Waals surface area contributed by atoms with Crippen LogP contribution in [0.2, 0.25) is 0 Å². The monoisotopic (exact) mass is 530 g/mol. The van der Waals surface area contributed by atoms with Gasteiger partial charge < -0.3 is 19.9 Å². The van der Waals surface area contributed by atoms with Crippen molar-refractivity contribution in [3.05, 3.63) is 35.1 Å². The summed E-state index contributed by atoms with van der Waals surface area (Å²) in [4.78, 5) is 57.7. The summed E-state index contributed by atoms with van der Waals surface area (Å²) in [7, 11) is 3.22. The lowest BCUT2D eigenvalue weighted by atomic mass is 9.82. The van der Waals surface area contributed by atoms with Gasteiger partial charge >= 0.3 is 6.03 Å². The lowest BCUT2D eigenvalue weighted by Gasteiger charge is -2.47. The van der Waals surface area contributed by atoms with Crippen LogP contribution in [-0.4, -0.2) is 89.4 Å². The summed E-state index contributed by atoms with van der Waals surface area (Å²) >= 11 is 0. The third-order valence-corrected chi connectivity index (χ3v) is 8.49. The highest BCUT2D eigenvalue weighted by Crippen LogP contribution is 2.41. The number of hydrogen-bond acceptors (Lipinski definition) is 5. The fourth-order valence-corrected chi connectivity index (χ4v) is 6.19. The maximum atomic E-state index is 14.3. The van der Waals surface area contributed by atoms with Crippen LogP contribution in [0.15, 0.2) is 18.2 Å². The standard InChI is InChI=1S/C28H39FN4O5/c1-17(2)23(30-24(34)21-16-18(3)6-11-22(21)29)25(35)32-14-12-28(13-15-32)26(36)31(4)27(37)33(28)19-7-9-20(38-5)10-8-19/h6,11,16-17,19-20,23H,7-10,12-15H2,1-5H3,(H,30,34)/t19?,20?,23-/m1/s1. The molecule has 3 fully saturated rings. The second kappa shape index (κ2) is 11.0. The summed E-state index contributed by atoms with van der Waals surface area (Å²) in [6, 6.07) is 3.12. The molecule has 1 aliphatic carbocycles. The SMILES string of the molecule is COC1CCC(N2C(=O)N(C)C(=O)C23CCN(C(=O)[C@H](NC(=O)c2cc(C)ccc2F)C(C)C)CC3)CC1. The number of hydrogen-bond donors (Lipinski definition) is 1. The molecule has 1 aromatic rings. The van der Waals surface area contributed by atoms with Crippen LogP contribution in [-0.2, 0) is 14.3 Å². The van der Waals surface area contributed by atoms with Gasteiger partial charge in [0.05, 0.1) is 11.7 Å². The third-order valence-electron chi connectivity index (χ3n) is 8.49. The Hall–Kier alpha value is -3.01. The van der Waals surface area contributed by atoms with Crippen molar-refractivity contribution in [3.63, 3.8) is 0 Å². The number of piperidine rings is 1. The number of imide groups is 1. The molecule has 1 aromatic carbocycles. The van der Waals surface area contributed by atoms with E-state index in [1.54, 1.807) is 29.9 Å². The zero-order valence-electron chi connectivity index (χ0n) is 23.0. The lowest BCUT2D eigenvalue weighted by molar-refractivity contribution is -0.143. The highest BCUT2D eigenvalue weighted by atomic mass is 19.1. The van der Waals surface area contributed by atoms with E-state index in [0.29, 0.717) is 12.8 Å². The van der Waals surface area contributed by atoms with Gasteiger partial charge in [-0.1, -0.05) is 25.5 Å². The normalized spacial score (nSPS) is 24.3. The number of likely N-dealkylation sites (N-methyl/N-ethyl adjacent to an activating group) is 1. The van der Waals surface area contributed by atoms with Crippen molar-refractivity contribution < 1.29 is 28.3 Å². The maximum Gasteiger partial charge on any atom is 0.327 e. The Morgan fingerprint density at radius 3 is 2.32 bits per heavy atom. The van der Waals surface area contributed by atoms with Crippen LogP contribution >= 0.6 is 0 Å². The first-order valence-electron chi connectivity index (χ1n) is 13.5. The molecule has 0 aromatic heterocycles. The molecule has 2 aliphatic heterocycles. The Kier molecular flexibility index (Phi) is 8.11. The summed E-state index contributed by atoms with van der Waals surface area (Å²) < 4.78 is 19.8. The number of carbonyl (C=O) groups excluding carboxylic acids is 4. The zero-order chi connectivity index (χ0) is 27.8. The topological polar surface area (TPSA) is 99.3 Å². The molecule has 3 aliphatic rings. The number of nitrogens with zero attached hydrogens (tertiary/aromatic N) is 3. The van der Waals surface area contributed by atoms with Crippen molar-refractivity contribution in [2.24, 2.45) is 5.92 Å². The number of urea groups is 1. The quantitative estimate of drug-likeness (QED) is 0.570.